The molecule has 0 bridgehead atoms. The number of carbonyl (C=O) groups excluding carboxylic acids is 2. The first-order chi connectivity index (χ1) is 16.4. The molecule has 3 rings (SSSR count). The number of carbonyl (C=O) groups is 2. The zero-order valence-corrected chi connectivity index (χ0v) is 21.2. The molecule has 2 aliphatic rings. The molecule has 1 aromatic carbocycles. The Bertz CT molecular complexity index is 977. The van der Waals surface area contributed by atoms with Crippen molar-refractivity contribution < 1.29 is 19.2 Å². The number of cyclic esters (lactones) is 1. The number of allylic oxidation sites excluding steroid dienone is 3. The number of esters is 1. The monoisotopic (exact) mass is 486 g/mol. The minimum Gasteiger partial charge on any atom is -0.461 e. The van der Waals surface area contributed by atoms with Crippen molar-refractivity contribution in [3.8, 4) is 0 Å². The van der Waals surface area contributed by atoms with E-state index in [4.69, 9.17) is 21.2 Å². The number of hydrogen-bond acceptors (Lipinski definition) is 5. The maximum Gasteiger partial charge on any atom is 0.338 e. The van der Waals surface area contributed by atoms with Gasteiger partial charge in [-0.25, -0.2) is 4.79 Å². The van der Waals surface area contributed by atoms with Gasteiger partial charge in [-0.3, -0.25) is 4.79 Å². The van der Waals surface area contributed by atoms with E-state index in [0.717, 1.165) is 56.3 Å². The first-order valence-corrected chi connectivity index (χ1v) is 12.5. The fourth-order valence-electron chi connectivity index (χ4n) is 4.28. The number of likely N-dealkylation sites (tertiary alicyclic amines) is 1. The van der Waals surface area contributed by atoms with Gasteiger partial charge in [-0.15, -0.1) is 0 Å². The average Bonchev–Trinajstić information content (AvgIpc) is 2.82. The van der Waals surface area contributed by atoms with E-state index in [2.05, 4.69) is 17.3 Å². The van der Waals surface area contributed by atoms with E-state index in [0.29, 0.717) is 34.9 Å². The topological polar surface area (TPSA) is 68.2 Å². The van der Waals surface area contributed by atoms with Crippen LogP contribution in [-0.2, 0) is 20.8 Å². The lowest BCUT2D eigenvalue weighted by Gasteiger charge is -2.26. The number of benzene rings is 1. The summed E-state index contributed by atoms with van der Waals surface area (Å²) in [6.07, 6.45) is 13.3. The van der Waals surface area contributed by atoms with Crippen LogP contribution < -0.4 is 0 Å². The number of halogens is 1. The van der Waals surface area contributed by atoms with Crippen LogP contribution in [0.5, 0.6) is 0 Å². The molecule has 6 nitrogen and oxygen atoms in total. The minimum atomic E-state index is -0.392. The van der Waals surface area contributed by atoms with Crippen LogP contribution in [0.1, 0.15) is 66.1 Å². The van der Waals surface area contributed by atoms with Crippen molar-refractivity contribution in [1.29, 1.82) is 0 Å². The SMILES string of the molecule is Cc1cc(C)c2c(c1Cl)CC(=N/OCC(=O)N1CCCCC1)/C=C/CC/C=C/C(C)COC2=O. The van der Waals surface area contributed by atoms with Crippen LogP contribution in [0.4, 0.5) is 0 Å². The number of piperidine rings is 1. The molecule has 2 aliphatic heterocycles. The third kappa shape index (κ3) is 7.20. The first kappa shape index (κ1) is 26.0. The Hall–Kier alpha value is -2.60. The molecular formula is C27H35ClN2O4. The average molecular weight is 487 g/mol. The van der Waals surface area contributed by atoms with Crippen molar-refractivity contribution in [2.75, 3.05) is 26.3 Å². The number of ether oxygens (including phenoxy) is 1. The Morgan fingerprint density at radius 3 is 2.68 bits per heavy atom. The lowest BCUT2D eigenvalue weighted by Crippen LogP contribution is -2.37. The number of rotatable bonds is 3. The largest absolute Gasteiger partial charge is 0.461 e. The van der Waals surface area contributed by atoms with E-state index < -0.39 is 5.97 Å². The van der Waals surface area contributed by atoms with Gasteiger partial charge in [0.05, 0.1) is 17.9 Å². The maximum absolute atomic E-state index is 13.0. The van der Waals surface area contributed by atoms with Crippen molar-refractivity contribution in [1.82, 2.24) is 4.90 Å². The Labute approximate surface area is 207 Å². The Morgan fingerprint density at radius 1 is 1.18 bits per heavy atom. The van der Waals surface area contributed by atoms with Crippen LogP contribution in [-0.4, -0.2) is 48.8 Å². The number of oxime groups is 1. The summed E-state index contributed by atoms with van der Waals surface area (Å²) in [4.78, 5) is 32.8. The predicted octanol–water partition coefficient (Wildman–Crippen LogP) is 5.58. The van der Waals surface area contributed by atoms with Gasteiger partial charge in [0.1, 0.15) is 0 Å². The highest BCUT2D eigenvalue weighted by Crippen LogP contribution is 2.29. The number of fused-ring (bicyclic) bond motifs is 1. The van der Waals surface area contributed by atoms with Crippen LogP contribution in [0.3, 0.4) is 0 Å². The quantitative estimate of drug-likeness (QED) is 0.317. The van der Waals surface area contributed by atoms with E-state index in [9.17, 15) is 9.59 Å². The van der Waals surface area contributed by atoms with E-state index in [1.807, 2.05) is 43.9 Å². The van der Waals surface area contributed by atoms with Crippen LogP contribution in [0.25, 0.3) is 0 Å². The number of amides is 1. The Balaban J connectivity index is 1.88. The highest BCUT2D eigenvalue weighted by Gasteiger charge is 2.22. The van der Waals surface area contributed by atoms with Gasteiger partial charge in [0, 0.05) is 30.5 Å². The molecule has 1 aromatic rings. The summed E-state index contributed by atoms with van der Waals surface area (Å²) in [6.45, 7) is 7.57. The molecule has 1 fully saturated rings. The fourth-order valence-corrected chi connectivity index (χ4v) is 4.50. The molecule has 0 radical (unpaired) electrons. The molecule has 184 valence electrons. The van der Waals surface area contributed by atoms with Gasteiger partial charge in [-0.05, 0) is 68.7 Å². The summed E-state index contributed by atoms with van der Waals surface area (Å²) < 4.78 is 5.63. The van der Waals surface area contributed by atoms with Crippen LogP contribution in [0.15, 0.2) is 35.5 Å². The highest BCUT2D eigenvalue weighted by molar-refractivity contribution is 6.33. The van der Waals surface area contributed by atoms with Crippen molar-refractivity contribution in [2.24, 2.45) is 11.1 Å². The minimum absolute atomic E-state index is 0.0538. The van der Waals surface area contributed by atoms with Crippen LogP contribution in [0, 0.1) is 19.8 Å². The third-order valence-electron chi connectivity index (χ3n) is 6.13. The molecule has 1 saturated heterocycles. The molecule has 0 N–H and O–H groups in total. The summed E-state index contributed by atoms with van der Waals surface area (Å²) in [5.41, 5.74) is 3.42. The Morgan fingerprint density at radius 2 is 1.91 bits per heavy atom. The molecule has 7 heteroatoms. The lowest BCUT2D eigenvalue weighted by molar-refractivity contribution is -0.137. The van der Waals surface area contributed by atoms with Gasteiger partial charge in [-0.1, -0.05) is 48.0 Å². The Kier molecular flexibility index (Phi) is 9.75. The first-order valence-electron chi connectivity index (χ1n) is 12.1. The number of hydrogen-bond donors (Lipinski definition) is 0. The van der Waals surface area contributed by atoms with E-state index >= 15 is 0 Å². The molecule has 0 aliphatic carbocycles. The molecule has 0 spiro atoms. The van der Waals surface area contributed by atoms with Gasteiger partial charge in [-0.2, -0.15) is 0 Å². The zero-order valence-electron chi connectivity index (χ0n) is 20.4. The normalized spacial score (nSPS) is 22.9. The van der Waals surface area contributed by atoms with E-state index in [1.54, 1.807) is 0 Å². The lowest BCUT2D eigenvalue weighted by atomic mass is 9.94. The highest BCUT2D eigenvalue weighted by atomic mass is 35.5. The van der Waals surface area contributed by atoms with Gasteiger partial charge in [0.25, 0.3) is 5.91 Å². The number of aryl methyl sites for hydroxylation is 2. The van der Waals surface area contributed by atoms with E-state index in [-0.39, 0.29) is 18.4 Å². The molecule has 0 aromatic heterocycles. The van der Waals surface area contributed by atoms with Crippen molar-refractivity contribution in [3.63, 3.8) is 0 Å². The molecule has 34 heavy (non-hydrogen) atoms. The summed E-state index contributed by atoms with van der Waals surface area (Å²) in [6, 6.07) is 1.90. The molecule has 1 amide bonds. The summed E-state index contributed by atoms with van der Waals surface area (Å²) in [5, 5.41) is 4.79. The van der Waals surface area contributed by atoms with Crippen molar-refractivity contribution in [3.05, 3.63) is 57.6 Å². The summed E-state index contributed by atoms with van der Waals surface area (Å²) in [7, 11) is 0. The standard InChI is InChI=1S/C27H35ClN2O4/c1-19-11-7-4-5-8-12-22(29-34-18-24(31)30-13-9-6-10-14-30)16-23-25(27(32)33-17-19)20(2)15-21(3)26(23)28/h7-8,11-12,15,19H,4-6,9-10,13-14,16-18H2,1-3H3/b11-7+,12-8+,29-22+. The second-order valence-corrected chi connectivity index (χ2v) is 9.51. The van der Waals surface area contributed by atoms with Gasteiger partial charge < -0.3 is 14.5 Å². The van der Waals surface area contributed by atoms with Gasteiger partial charge in [0.15, 0.2) is 6.61 Å². The molecule has 1 unspecified atom stereocenters. The fraction of sp³-hybridized carbons (Fsp3) is 0.519. The molecule has 2 heterocycles. The van der Waals surface area contributed by atoms with Crippen molar-refractivity contribution in [2.45, 2.75) is 59.3 Å². The molecule has 0 saturated carbocycles. The summed E-state index contributed by atoms with van der Waals surface area (Å²) >= 11 is 6.68. The van der Waals surface area contributed by atoms with Crippen LogP contribution >= 0.6 is 11.6 Å². The predicted molar refractivity (Wildman–Crippen MR) is 135 cm³/mol. The summed E-state index contributed by atoms with van der Waals surface area (Å²) in [5.74, 6) is -0.318. The van der Waals surface area contributed by atoms with E-state index in [1.165, 1.54) is 0 Å². The third-order valence-corrected chi connectivity index (χ3v) is 6.66. The van der Waals surface area contributed by atoms with Crippen LogP contribution in [0.2, 0.25) is 5.02 Å². The van der Waals surface area contributed by atoms with Crippen molar-refractivity contribution >= 4 is 29.2 Å². The molecular weight excluding hydrogens is 452 g/mol. The molecule has 1 atom stereocenters. The smallest absolute Gasteiger partial charge is 0.338 e. The number of nitrogens with zero attached hydrogens (tertiary/aromatic N) is 2. The second-order valence-electron chi connectivity index (χ2n) is 9.14. The maximum atomic E-state index is 13.0. The second kappa shape index (κ2) is 12.7. The zero-order chi connectivity index (χ0) is 24.5. The van der Waals surface area contributed by atoms with Gasteiger partial charge in [0.2, 0.25) is 0 Å². The van der Waals surface area contributed by atoms with Gasteiger partial charge >= 0.3 is 5.97 Å².